The maximum Gasteiger partial charge on any atom is 0.173 e. The SMILES string of the molecule is Cc1ccc(O)cc1C1=C(O)C2C3C=CC(O3)C2C1=O. The number of benzene rings is 1. The Morgan fingerprint density at radius 1 is 1.10 bits per heavy atom. The number of aryl methyl sites for hydroxylation is 1. The Morgan fingerprint density at radius 2 is 1.80 bits per heavy atom. The van der Waals surface area contributed by atoms with Crippen molar-refractivity contribution in [2.75, 3.05) is 0 Å². The van der Waals surface area contributed by atoms with Crippen molar-refractivity contribution in [3.8, 4) is 5.75 Å². The number of phenols is 1. The van der Waals surface area contributed by atoms with Crippen molar-refractivity contribution < 1.29 is 19.7 Å². The molecule has 4 rings (SSSR count). The van der Waals surface area contributed by atoms with Gasteiger partial charge in [-0.2, -0.15) is 0 Å². The van der Waals surface area contributed by atoms with E-state index in [1.807, 2.05) is 19.1 Å². The van der Waals surface area contributed by atoms with Crippen LogP contribution in [0, 0.1) is 18.8 Å². The summed E-state index contributed by atoms with van der Waals surface area (Å²) in [6.07, 6.45) is 3.38. The minimum Gasteiger partial charge on any atom is -0.511 e. The molecule has 2 heterocycles. The molecular weight excluding hydrogens is 256 g/mol. The molecule has 1 aliphatic carbocycles. The van der Waals surface area contributed by atoms with E-state index in [1.54, 1.807) is 12.1 Å². The summed E-state index contributed by atoms with van der Waals surface area (Å²) < 4.78 is 5.64. The largest absolute Gasteiger partial charge is 0.511 e. The predicted octanol–water partition coefficient (Wildman–Crippen LogP) is 2.12. The fraction of sp³-hybridized carbons (Fsp3) is 0.312. The molecule has 0 spiro atoms. The third-order valence-electron chi connectivity index (χ3n) is 4.51. The number of allylic oxidation sites excluding steroid dienone is 1. The van der Waals surface area contributed by atoms with Gasteiger partial charge in [-0.3, -0.25) is 4.79 Å². The number of rotatable bonds is 1. The summed E-state index contributed by atoms with van der Waals surface area (Å²) >= 11 is 0. The molecule has 4 heteroatoms. The lowest BCUT2D eigenvalue weighted by atomic mass is 9.84. The number of carbonyl (C=O) groups excluding carboxylic acids is 1. The lowest BCUT2D eigenvalue weighted by Crippen LogP contribution is -2.26. The van der Waals surface area contributed by atoms with Crippen molar-refractivity contribution in [2.24, 2.45) is 11.8 Å². The van der Waals surface area contributed by atoms with Crippen LogP contribution in [0.15, 0.2) is 36.1 Å². The van der Waals surface area contributed by atoms with E-state index in [0.29, 0.717) is 11.1 Å². The second-order valence-electron chi connectivity index (χ2n) is 5.63. The third kappa shape index (κ3) is 1.32. The van der Waals surface area contributed by atoms with Crippen molar-refractivity contribution in [3.05, 3.63) is 47.2 Å². The molecule has 1 fully saturated rings. The maximum atomic E-state index is 12.6. The first-order chi connectivity index (χ1) is 9.58. The van der Waals surface area contributed by atoms with Gasteiger partial charge in [-0.25, -0.2) is 0 Å². The number of fused-ring (bicyclic) bond motifs is 5. The summed E-state index contributed by atoms with van der Waals surface area (Å²) in [5, 5.41) is 20.1. The molecule has 4 atom stereocenters. The van der Waals surface area contributed by atoms with Gasteiger partial charge in [-0.1, -0.05) is 18.2 Å². The number of hydrogen-bond acceptors (Lipinski definition) is 4. The second-order valence-corrected chi connectivity index (χ2v) is 5.63. The zero-order chi connectivity index (χ0) is 14.0. The number of hydrogen-bond donors (Lipinski definition) is 2. The molecule has 4 nitrogen and oxygen atoms in total. The van der Waals surface area contributed by atoms with Crippen LogP contribution in [0.5, 0.6) is 5.75 Å². The first-order valence-corrected chi connectivity index (χ1v) is 6.69. The van der Waals surface area contributed by atoms with Crippen LogP contribution in [-0.4, -0.2) is 28.2 Å². The summed E-state index contributed by atoms with van der Waals surface area (Å²) in [5.74, 6) is -0.479. The van der Waals surface area contributed by atoms with Crippen LogP contribution in [0.3, 0.4) is 0 Å². The first-order valence-electron chi connectivity index (χ1n) is 6.69. The fourth-order valence-electron chi connectivity index (χ4n) is 3.56. The minimum absolute atomic E-state index is 0.0851. The first kappa shape index (κ1) is 11.7. The molecule has 0 amide bonds. The van der Waals surface area contributed by atoms with E-state index in [9.17, 15) is 15.0 Å². The van der Waals surface area contributed by atoms with E-state index < -0.39 is 0 Å². The van der Waals surface area contributed by atoms with E-state index in [-0.39, 0.29) is 41.3 Å². The molecule has 3 aliphatic rings. The van der Waals surface area contributed by atoms with Gasteiger partial charge in [-0.15, -0.1) is 0 Å². The fourth-order valence-corrected chi connectivity index (χ4v) is 3.56. The van der Waals surface area contributed by atoms with Gasteiger partial charge in [0.15, 0.2) is 5.78 Å². The van der Waals surface area contributed by atoms with Crippen LogP contribution in [0.2, 0.25) is 0 Å². The lowest BCUT2D eigenvalue weighted by molar-refractivity contribution is -0.118. The molecule has 4 unspecified atom stereocenters. The zero-order valence-electron chi connectivity index (χ0n) is 10.9. The molecule has 2 N–H and O–H groups in total. The van der Waals surface area contributed by atoms with Crippen LogP contribution >= 0.6 is 0 Å². The van der Waals surface area contributed by atoms with Crippen LogP contribution in [0.1, 0.15) is 11.1 Å². The normalized spacial score (nSPS) is 34.1. The van der Waals surface area contributed by atoms with Crippen molar-refractivity contribution in [3.63, 3.8) is 0 Å². The smallest absolute Gasteiger partial charge is 0.173 e. The zero-order valence-corrected chi connectivity index (χ0v) is 10.9. The number of carbonyl (C=O) groups is 1. The monoisotopic (exact) mass is 270 g/mol. The highest BCUT2D eigenvalue weighted by molar-refractivity contribution is 6.25. The summed E-state index contributed by atoms with van der Waals surface area (Å²) in [6, 6.07) is 4.86. The highest BCUT2D eigenvalue weighted by Gasteiger charge is 2.57. The number of Topliss-reactive ketones (excluding diaryl/α,β-unsaturated/α-hetero) is 1. The molecule has 2 bridgehead atoms. The summed E-state index contributed by atoms with van der Waals surface area (Å²) in [7, 11) is 0. The lowest BCUT2D eigenvalue weighted by Gasteiger charge is -2.15. The molecule has 20 heavy (non-hydrogen) atoms. The highest BCUT2D eigenvalue weighted by atomic mass is 16.5. The van der Waals surface area contributed by atoms with E-state index in [0.717, 1.165) is 5.56 Å². The van der Waals surface area contributed by atoms with Gasteiger partial charge in [0.2, 0.25) is 0 Å². The Labute approximate surface area is 116 Å². The van der Waals surface area contributed by atoms with Crippen LogP contribution in [0.4, 0.5) is 0 Å². The Hall–Kier alpha value is -2.07. The van der Waals surface area contributed by atoms with Gasteiger partial charge in [0, 0.05) is 0 Å². The quantitative estimate of drug-likeness (QED) is 0.767. The molecule has 1 aromatic rings. The number of phenolic OH excluding ortho intramolecular Hbond substituents is 1. The number of ether oxygens (including phenoxy) is 1. The predicted molar refractivity (Wildman–Crippen MR) is 72.2 cm³/mol. The van der Waals surface area contributed by atoms with E-state index >= 15 is 0 Å². The number of aliphatic hydroxyl groups is 1. The molecule has 102 valence electrons. The van der Waals surface area contributed by atoms with Crippen molar-refractivity contribution in [2.45, 2.75) is 19.1 Å². The number of aliphatic hydroxyl groups excluding tert-OH is 1. The summed E-state index contributed by atoms with van der Waals surface area (Å²) in [6.45, 7) is 1.86. The van der Waals surface area contributed by atoms with Gasteiger partial charge >= 0.3 is 0 Å². The Bertz CT molecular complexity index is 686. The summed E-state index contributed by atoms with van der Waals surface area (Å²) in [5.41, 5.74) is 1.82. The van der Waals surface area contributed by atoms with E-state index in [4.69, 9.17) is 4.74 Å². The van der Waals surface area contributed by atoms with Gasteiger partial charge < -0.3 is 14.9 Å². The molecule has 1 saturated heterocycles. The second kappa shape index (κ2) is 3.73. The topological polar surface area (TPSA) is 66.8 Å². The maximum absolute atomic E-state index is 12.6. The molecular formula is C16H14O4. The molecule has 1 aromatic carbocycles. The van der Waals surface area contributed by atoms with Gasteiger partial charge in [0.1, 0.15) is 11.5 Å². The average molecular weight is 270 g/mol. The average Bonchev–Trinajstić information content (AvgIpc) is 3.08. The Kier molecular flexibility index (Phi) is 2.19. The third-order valence-corrected chi connectivity index (χ3v) is 4.51. The van der Waals surface area contributed by atoms with Crippen LogP contribution in [-0.2, 0) is 9.53 Å². The van der Waals surface area contributed by atoms with Gasteiger partial charge in [-0.05, 0) is 30.2 Å². The highest BCUT2D eigenvalue weighted by Crippen LogP contribution is 2.51. The van der Waals surface area contributed by atoms with Crippen LogP contribution in [0.25, 0.3) is 5.57 Å². The minimum atomic E-state index is -0.318. The van der Waals surface area contributed by atoms with Crippen LogP contribution < -0.4 is 0 Å². The van der Waals surface area contributed by atoms with Crippen molar-refractivity contribution >= 4 is 11.4 Å². The molecule has 0 radical (unpaired) electrons. The molecule has 0 saturated carbocycles. The number of aromatic hydroxyl groups is 1. The van der Waals surface area contributed by atoms with Gasteiger partial charge in [0.25, 0.3) is 0 Å². The standard InChI is InChI=1S/C16H14O4/c1-7-2-3-8(17)6-9(7)12-15(18)13-10-4-5-11(20-10)14(13)16(12)19/h2-6,10-11,13-14,17-18H,1H3. The Balaban J connectivity index is 1.87. The van der Waals surface area contributed by atoms with Crippen molar-refractivity contribution in [1.82, 2.24) is 0 Å². The van der Waals surface area contributed by atoms with Gasteiger partial charge in [0.05, 0.1) is 29.6 Å². The molecule has 0 aromatic heterocycles. The van der Waals surface area contributed by atoms with E-state index in [1.165, 1.54) is 6.07 Å². The summed E-state index contributed by atoms with van der Waals surface area (Å²) in [4.78, 5) is 12.6. The van der Waals surface area contributed by atoms with E-state index in [2.05, 4.69) is 0 Å². The molecule has 2 aliphatic heterocycles. The van der Waals surface area contributed by atoms with Crippen molar-refractivity contribution in [1.29, 1.82) is 0 Å². The number of ketones is 1. The Morgan fingerprint density at radius 3 is 2.50 bits per heavy atom.